The van der Waals surface area contributed by atoms with Gasteiger partial charge in [0.1, 0.15) is 19.0 Å². The third-order valence-electron chi connectivity index (χ3n) is 4.41. The number of rotatable bonds is 4. The van der Waals surface area contributed by atoms with Crippen molar-refractivity contribution in [3.63, 3.8) is 0 Å². The van der Waals surface area contributed by atoms with E-state index < -0.39 is 0 Å². The summed E-state index contributed by atoms with van der Waals surface area (Å²) < 4.78 is 7.77. The van der Waals surface area contributed by atoms with Gasteiger partial charge in [-0.05, 0) is 25.0 Å². The molecule has 3 heterocycles. The van der Waals surface area contributed by atoms with Crippen molar-refractivity contribution in [1.29, 1.82) is 0 Å². The van der Waals surface area contributed by atoms with Crippen LogP contribution in [-0.2, 0) is 11.3 Å². The largest absolute Gasteiger partial charge is 0.472 e. The lowest BCUT2D eigenvalue weighted by Gasteiger charge is -2.32. The van der Waals surface area contributed by atoms with Gasteiger partial charge >= 0.3 is 0 Å². The van der Waals surface area contributed by atoms with Gasteiger partial charge in [0.15, 0.2) is 0 Å². The van der Waals surface area contributed by atoms with Crippen molar-refractivity contribution < 1.29 is 9.53 Å². The molecule has 128 valence electrons. The second-order valence-corrected chi connectivity index (χ2v) is 6.13. The molecular weight excluding hydrogens is 318 g/mol. The number of carbonyl (C=O) groups is 1. The zero-order valence-corrected chi connectivity index (χ0v) is 13.8. The Labute approximate surface area is 145 Å². The van der Waals surface area contributed by atoms with E-state index in [-0.39, 0.29) is 12.0 Å². The van der Waals surface area contributed by atoms with Gasteiger partial charge in [-0.2, -0.15) is 0 Å². The number of para-hydroxylation sites is 2. The zero-order chi connectivity index (χ0) is 17.1. The van der Waals surface area contributed by atoms with Crippen molar-refractivity contribution in [2.75, 3.05) is 13.1 Å². The molecule has 0 radical (unpaired) electrons. The highest BCUT2D eigenvalue weighted by Gasteiger charge is 2.25. The number of hydrogen-bond acceptors (Lipinski definition) is 5. The molecule has 1 saturated heterocycles. The summed E-state index contributed by atoms with van der Waals surface area (Å²) in [7, 11) is 0. The molecule has 1 aliphatic rings. The van der Waals surface area contributed by atoms with E-state index in [1.54, 1.807) is 18.6 Å². The normalized spacial score (nSPS) is 17.6. The van der Waals surface area contributed by atoms with Crippen LogP contribution >= 0.6 is 0 Å². The average Bonchev–Trinajstić information content (AvgIpc) is 3.06. The number of carbonyl (C=O) groups excluding carboxylic acids is 1. The second kappa shape index (κ2) is 6.88. The summed E-state index contributed by atoms with van der Waals surface area (Å²) in [6.45, 7) is 1.63. The van der Waals surface area contributed by atoms with Gasteiger partial charge in [0.2, 0.25) is 11.8 Å². The maximum absolute atomic E-state index is 12.7. The summed E-state index contributed by atoms with van der Waals surface area (Å²) >= 11 is 0. The molecule has 1 amide bonds. The fraction of sp³-hybridized carbons (Fsp3) is 0.333. The van der Waals surface area contributed by atoms with Gasteiger partial charge in [0.25, 0.3) is 0 Å². The highest BCUT2D eigenvalue weighted by molar-refractivity contribution is 5.80. The van der Waals surface area contributed by atoms with Gasteiger partial charge in [-0.15, -0.1) is 0 Å². The first-order valence-corrected chi connectivity index (χ1v) is 8.40. The van der Waals surface area contributed by atoms with Gasteiger partial charge < -0.3 is 14.2 Å². The first-order valence-electron chi connectivity index (χ1n) is 8.40. The molecule has 7 heteroatoms. The molecule has 0 bridgehead atoms. The van der Waals surface area contributed by atoms with Crippen molar-refractivity contribution in [2.45, 2.75) is 25.5 Å². The van der Waals surface area contributed by atoms with Crippen molar-refractivity contribution in [3.8, 4) is 5.88 Å². The second-order valence-electron chi connectivity index (χ2n) is 6.13. The number of likely N-dealkylation sites (tertiary alicyclic amines) is 1. The fourth-order valence-electron chi connectivity index (χ4n) is 3.16. The molecule has 1 fully saturated rings. The van der Waals surface area contributed by atoms with Crippen LogP contribution in [0.5, 0.6) is 5.88 Å². The number of amides is 1. The van der Waals surface area contributed by atoms with Gasteiger partial charge in [0.05, 0.1) is 23.9 Å². The van der Waals surface area contributed by atoms with Gasteiger partial charge in [-0.1, -0.05) is 12.1 Å². The standard InChI is InChI=1S/C18H19N5O2/c24-18(11-23-13-21-15-5-1-2-6-16(15)23)22-9-3-4-14(10-22)25-17-7-8-19-12-20-17/h1-2,5-8,12-14H,3-4,9-11H2. The molecule has 1 atom stereocenters. The van der Waals surface area contributed by atoms with E-state index in [0.717, 1.165) is 30.4 Å². The molecule has 0 aliphatic carbocycles. The van der Waals surface area contributed by atoms with Crippen molar-refractivity contribution in [2.24, 2.45) is 0 Å². The zero-order valence-electron chi connectivity index (χ0n) is 13.8. The maximum Gasteiger partial charge on any atom is 0.242 e. The third kappa shape index (κ3) is 3.45. The first kappa shape index (κ1) is 15.6. The van der Waals surface area contributed by atoms with Crippen LogP contribution in [0, 0.1) is 0 Å². The summed E-state index contributed by atoms with van der Waals surface area (Å²) in [6, 6.07) is 9.56. The molecule has 25 heavy (non-hydrogen) atoms. The van der Waals surface area contributed by atoms with Crippen molar-refractivity contribution >= 4 is 16.9 Å². The van der Waals surface area contributed by atoms with E-state index in [1.165, 1.54) is 6.33 Å². The first-order chi connectivity index (χ1) is 12.3. The van der Waals surface area contributed by atoms with E-state index in [1.807, 2.05) is 33.7 Å². The Hall–Kier alpha value is -2.96. The van der Waals surface area contributed by atoms with Crippen LogP contribution in [0.3, 0.4) is 0 Å². The van der Waals surface area contributed by atoms with Gasteiger partial charge in [-0.3, -0.25) is 4.79 Å². The summed E-state index contributed by atoms with van der Waals surface area (Å²) in [6.07, 6.45) is 6.64. The third-order valence-corrected chi connectivity index (χ3v) is 4.41. The van der Waals surface area contributed by atoms with Crippen LogP contribution in [0.2, 0.25) is 0 Å². The lowest BCUT2D eigenvalue weighted by Crippen LogP contribution is -2.45. The number of ether oxygens (including phenoxy) is 1. The van der Waals surface area contributed by atoms with E-state index >= 15 is 0 Å². The number of hydrogen-bond donors (Lipinski definition) is 0. The Morgan fingerprint density at radius 1 is 1.24 bits per heavy atom. The van der Waals surface area contributed by atoms with Crippen LogP contribution in [-0.4, -0.2) is 49.5 Å². The summed E-state index contributed by atoms with van der Waals surface area (Å²) in [5.74, 6) is 0.633. The van der Waals surface area contributed by atoms with Gasteiger partial charge in [0, 0.05) is 18.8 Å². The van der Waals surface area contributed by atoms with Gasteiger partial charge in [-0.25, -0.2) is 15.0 Å². The van der Waals surface area contributed by atoms with Crippen LogP contribution in [0.4, 0.5) is 0 Å². The van der Waals surface area contributed by atoms with E-state index in [9.17, 15) is 4.79 Å². The molecule has 0 N–H and O–H groups in total. The monoisotopic (exact) mass is 337 g/mol. The topological polar surface area (TPSA) is 73.1 Å². The summed E-state index contributed by atoms with van der Waals surface area (Å²) in [5, 5.41) is 0. The number of aromatic nitrogens is 4. The molecule has 1 aliphatic heterocycles. The minimum Gasteiger partial charge on any atom is -0.472 e. The molecule has 2 aromatic heterocycles. The Morgan fingerprint density at radius 2 is 2.16 bits per heavy atom. The van der Waals surface area contributed by atoms with Crippen LogP contribution < -0.4 is 4.74 Å². The molecule has 7 nitrogen and oxygen atoms in total. The summed E-state index contributed by atoms with van der Waals surface area (Å²) in [5.41, 5.74) is 1.88. The average molecular weight is 337 g/mol. The van der Waals surface area contributed by atoms with Crippen molar-refractivity contribution in [3.05, 3.63) is 49.2 Å². The Morgan fingerprint density at radius 3 is 3.04 bits per heavy atom. The lowest BCUT2D eigenvalue weighted by atomic mass is 10.1. The highest BCUT2D eigenvalue weighted by Crippen LogP contribution is 2.17. The minimum atomic E-state index is -0.0351. The lowest BCUT2D eigenvalue weighted by molar-refractivity contribution is -0.134. The highest BCUT2D eigenvalue weighted by atomic mass is 16.5. The quantitative estimate of drug-likeness (QED) is 0.727. The molecule has 1 aromatic carbocycles. The Kier molecular flexibility index (Phi) is 4.28. The number of fused-ring (bicyclic) bond motifs is 1. The summed E-state index contributed by atoms with van der Waals surface area (Å²) in [4.78, 5) is 26.9. The van der Waals surface area contributed by atoms with E-state index in [2.05, 4.69) is 15.0 Å². The molecular formula is C18H19N5O2. The predicted octanol–water partition coefficient (Wildman–Crippen LogP) is 1.90. The Bertz CT molecular complexity index is 864. The maximum atomic E-state index is 12.7. The van der Waals surface area contributed by atoms with Crippen LogP contribution in [0.1, 0.15) is 12.8 Å². The Balaban J connectivity index is 1.41. The SMILES string of the molecule is O=C(Cn1cnc2ccccc21)N1CCCC(Oc2ccncn2)C1. The van der Waals surface area contributed by atoms with E-state index in [0.29, 0.717) is 19.0 Å². The smallest absolute Gasteiger partial charge is 0.242 e. The number of nitrogens with zero attached hydrogens (tertiary/aromatic N) is 5. The van der Waals surface area contributed by atoms with Crippen LogP contribution in [0.15, 0.2) is 49.2 Å². The minimum absolute atomic E-state index is 0.0351. The van der Waals surface area contributed by atoms with E-state index in [4.69, 9.17) is 4.74 Å². The molecule has 0 saturated carbocycles. The fourth-order valence-corrected chi connectivity index (χ4v) is 3.16. The molecule has 1 unspecified atom stereocenters. The van der Waals surface area contributed by atoms with Crippen molar-refractivity contribution in [1.82, 2.24) is 24.4 Å². The molecule has 0 spiro atoms. The molecule has 4 rings (SSSR count). The molecule has 3 aromatic rings. The van der Waals surface area contributed by atoms with Crippen LogP contribution in [0.25, 0.3) is 11.0 Å². The number of piperidine rings is 1. The number of benzene rings is 1. The number of imidazole rings is 1. The predicted molar refractivity (Wildman–Crippen MR) is 92.0 cm³/mol.